The quantitative estimate of drug-likeness (QED) is 0.800. The monoisotopic (exact) mass is 416 g/mol. The third-order valence-corrected chi connectivity index (χ3v) is 6.83. The number of sulfonamides is 1. The van der Waals surface area contributed by atoms with Crippen LogP contribution in [0.1, 0.15) is 37.8 Å². The van der Waals surface area contributed by atoms with Gasteiger partial charge in [0.15, 0.2) is 0 Å². The molecule has 0 radical (unpaired) electrons. The minimum Gasteiger partial charge on any atom is -0.325 e. The highest BCUT2D eigenvalue weighted by atomic mass is 79.9. The molecule has 1 aromatic carbocycles. The Labute approximate surface area is 153 Å². The lowest BCUT2D eigenvalue weighted by atomic mass is 9.98. The molecule has 0 bridgehead atoms. The van der Waals surface area contributed by atoms with E-state index in [2.05, 4.69) is 21.2 Å². The molecule has 1 N–H and O–H groups in total. The molecule has 5 nitrogen and oxygen atoms in total. The fourth-order valence-electron chi connectivity index (χ4n) is 3.09. The zero-order chi connectivity index (χ0) is 17.9. The average molecular weight is 417 g/mol. The number of hydrogen-bond acceptors (Lipinski definition) is 3. The minimum atomic E-state index is -3.24. The molecule has 7 heteroatoms. The Bertz CT molecular complexity index is 719. The molecule has 0 saturated carbocycles. The highest BCUT2D eigenvalue weighted by Crippen LogP contribution is 2.28. The molecule has 0 aromatic heterocycles. The van der Waals surface area contributed by atoms with Crippen molar-refractivity contribution in [3.05, 3.63) is 27.7 Å². The van der Waals surface area contributed by atoms with E-state index in [4.69, 9.17) is 0 Å². The van der Waals surface area contributed by atoms with Crippen LogP contribution in [-0.4, -0.2) is 37.5 Å². The SMILES string of the molecule is CCc1cc(Br)cc(C)c1NC(=O)[C@H]1CCCN(S(=O)(=O)CC)C1. The Morgan fingerprint density at radius 3 is 2.71 bits per heavy atom. The summed E-state index contributed by atoms with van der Waals surface area (Å²) in [6.45, 7) is 6.44. The summed E-state index contributed by atoms with van der Waals surface area (Å²) in [5.41, 5.74) is 2.92. The predicted molar refractivity (Wildman–Crippen MR) is 101 cm³/mol. The number of carbonyl (C=O) groups excluding carboxylic acids is 1. The largest absolute Gasteiger partial charge is 0.325 e. The first-order valence-corrected chi connectivity index (χ1v) is 10.8. The topological polar surface area (TPSA) is 66.5 Å². The van der Waals surface area contributed by atoms with Gasteiger partial charge in [0.05, 0.1) is 11.7 Å². The van der Waals surface area contributed by atoms with E-state index in [1.165, 1.54) is 4.31 Å². The lowest BCUT2D eigenvalue weighted by Gasteiger charge is -2.31. The van der Waals surface area contributed by atoms with E-state index in [1.54, 1.807) is 6.92 Å². The van der Waals surface area contributed by atoms with Crippen LogP contribution in [0.25, 0.3) is 0 Å². The van der Waals surface area contributed by atoms with Crippen LogP contribution in [0.2, 0.25) is 0 Å². The number of piperidine rings is 1. The van der Waals surface area contributed by atoms with Gasteiger partial charge >= 0.3 is 0 Å². The second-order valence-corrected chi connectivity index (χ2v) is 9.37. The second kappa shape index (κ2) is 7.97. The third-order valence-electron chi connectivity index (χ3n) is 4.52. The fourth-order valence-corrected chi connectivity index (χ4v) is 4.89. The number of rotatable bonds is 5. The lowest BCUT2D eigenvalue weighted by molar-refractivity contribution is -0.120. The van der Waals surface area contributed by atoms with Crippen LogP contribution in [-0.2, 0) is 21.2 Å². The number of nitrogens with one attached hydrogen (secondary N) is 1. The maximum Gasteiger partial charge on any atom is 0.228 e. The molecule has 0 unspecified atom stereocenters. The van der Waals surface area contributed by atoms with Crippen molar-refractivity contribution in [3.63, 3.8) is 0 Å². The van der Waals surface area contributed by atoms with Gasteiger partial charge in [0.1, 0.15) is 0 Å². The number of benzene rings is 1. The molecule has 1 aromatic rings. The Morgan fingerprint density at radius 1 is 1.38 bits per heavy atom. The molecule has 1 aliphatic rings. The van der Waals surface area contributed by atoms with Gasteiger partial charge in [0, 0.05) is 23.2 Å². The van der Waals surface area contributed by atoms with E-state index in [1.807, 2.05) is 26.0 Å². The maximum atomic E-state index is 12.7. The van der Waals surface area contributed by atoms with Gasteiger partial charge in [-0.3, -0.25) is 4.79 Å². The first-order chi connectivity index (χ1) is 11.3. The fraction of sp³-hybridized carbons (Fsp3) is 0.588. The van der Waals surface area contributed by atoms with Gasteiger partial charge in [0.25, 0.3) is 0 Å². The number of carbonyl (C=O) groups is 1. The van der Waals surface area contributed by atoms with Crippen LogP contribution >= 0.6 is 15.9 Å². The van der Waals surface area contributed by atoms with Crippen molar-refractivity contribution in [1.82, 2.24) is 4.31 Å². The van der Waals surface area contributed by atoms with Crippen molar-refractivity contribution in [3.8, 4) is 0 Å². The summed E-state index contributed by atoms with van der Waals surface area (Å²) in [6, 6.07) is 3.99. The molecule has 1 amide bonds. The molecule has 1 fully saturated rings. The minimum absolute atomic E-state index is 0.0765. The first kappa shape index (κ1) is 19.4. The molecule has 1 heterocycles. The zero-order valence-corrected chi connectivity index (χ0v) is 16.8. The molecule has 134 valence electrons. The van der Waals surface area contributed by atoms with E-state index >= 15 is 0 Å². The number of hydrogen-bond donors (Lipinski definition) is 1. The van der Waals surface area contributed by atoms with Crippen molar-refractivity contribution < 1.29 is 13.2 Å². The summed E-state index contributed by atoms with van der Waals surface area (Å²) in [5.74, 6) is -0.313. The lowest BCUT2D eigenvalue weighted by Crippen LogP contribution is -2.44. The van der Waals surface area contributed by atoms with Crippen LogP contribution in [0, 0.1) is 12.8 Å². The predicted octanol–water partition coefficient (Wildman–Crippen LogP) is 3.32. The summed E-state index contributed by atoms with van der Waals surface area (Å²) in [5, 5.41) is 3.04. The van der Waals surface area contributed by atoms with Crippen molar-refractivity contribution in [1.29, 1.82) is 0 Å². The summed E-state index contributed by atoms with van der Waals surface area (Å²) in [7, 11) is -3.24. The Balaban J connectivity index is 2.16. The summed E-state index contributed by atoms with van der Waals surface area (Å²) in [6.07, 6.45) is 2.26. The number of nitrogens with zero attached hydrogens (tertiary/aromatic N) is 1. The van der Waals surface area contributed by atoms with Crippen LogP contribution in [0.15, 0.2) is 16.6 Å². The zero-order valence-electron chi connectivity index (χ0n) is 14.4. The van der Waals surface area contributed by atoms with E-state index in [-0.39, 0.29) is 24.1 Å². The van der Waals surface area contributed by atoms with E-state index in [9.17, 15) is 13.2 Å². The summed E-state index contributed by atoms with van der Waals surface area (Å²) < 4.78 is 26.6. The number of anilines is 1. The summed E-state index contributed by atoms with van der Waals surface area (Å²) >= 11 is 3.48. The second-order valence-electron chi connectivity index (χ2n) is 6.20. The molecule has 0 spiro atoms. The Morgan fingerprint density at radius 2 is 2.08 bits per heavy atom. The van der Waals surface area contributed by atoms with E-state index in [0.29, 0.717) is 6.54 Å². The normalized spacial score (nSPS) is 19.2. The third kappa shape index (κ3) is 4.37. The molecule has 24 heavy (non-hydrogen) atoms. The van der Waals surface area contributed by atoms with Gasteiger partial charge in [-0.15, -0.1) is 0 Å². The number of halogens is 1. The van der Waals surface area contributed by atoms with Crippen molar-refractivity contribution in [2.75, 3.05) is 24.2 Å². The molecule has 0 aliphatic carbocycles. The molecular weight excluding hydrogens is 392 g/mol. The molecule has 1 saturated heterocycles. The Kier molecular flexibility index (Phi) is 6.45. The van der Waals surface area contributed by atoms with Gasteiger partial charge in [0.2, 0.25) is 15.9 Å². The number of aryl methyl sites for hydroxylation is 2. The Hall–Kier alpha value is -0.920. The molecule has 2 rings (SSSR count). The molecule has 1 aliphatic heterocycles. The maximum absolute atomic E-state index is 12.7. The van der Waals surface area contributed by atoms with Crippen LogP contribution in [0.4, 0.5) is 5.69 Å². The van der Waals surface area contributed by atoms with Gasteiger partial charge in [-0.2, -0.15) is 0 Å². The van der Waals surface area contributed by atoms with Crippen molar-refractivity contribution in [2.24, 2.45) is 5.92 Å². The van der Waals surface area contributed by atoms with Crippen molar-refractivity contribution in [2.45, 2.75) is 40.0 Å². The van der Waals surface area contributed by atoms with Gasteiger partial charge in [-0.05, 0) is 56.4 Å². The highest BCUT2D eigenvalue weighted by molar-refractivity contribution is 9.10. The smallest absolute Gasteiger partial charge is 0.228 e. The van der Waals surface area contributed by atoms with Gasteiger partial charge in [-0.25, -0.2) is 12.7 Å². The highest BCUT2D eigenvalue weighted by Gasteiger charge is 2.31. The van der Waals surface area contributed by atoms with Gasteiger partial charge in [-0.1, -0.05) is 22.9 Å². The van der Waals surface area contributed by atoms with Crippen LogP contribution < -0.4 is 5.32 Å². The van der Waals surface area contributed by atoms with Crippen LogP contribution in [0.3, 0.4) is 0 Å². The first-order valence-electron chi connectivity index (χ1n) is 8.36. The summed E-state index contributed by atoms with van der Waals surface area (Å²) in [4.78, 5) is 12.7. The number of amides is 1. The van der Waals surface area contributed by atoms with Crippen molar-refractivity contribution >= 4 is 37.5 Å². The van der Waals surface area contributed by atoms with E-state index < -0.39 is 10.0 Å². The van der Waals surface area contributed by atoms with Crippen LogP contribution in [0.5, 0.6) is 0 Å². The van der Waals surface area contributed by atoms with Gasteiger partial charge < -0.3 is 5.32 Å². The molecule has 1 atom stereocenters. The standard InChI is InChI=1S/C17H25BrN2O3S/c1-4-13-10-15(18)9-12(3)16(13)19-17(21)14-7-6-8-20(11-14)24(22,23)5-2/h9-10,14H,4-8,11H2,1-3H3,(H,19,21)/t14-/m0/s1. The molecular formula is C17H25BrN2O3S. The average Bonchev–Trinajstić information content (AvgIpc) is 2.56. The van der Waals surface area contributed by atoms with E-state index in [0.717, 1.165) is 40.5 Å².